The molecule has 0 unspecified atom stereocenters. The van der Waals surface area contributed by atoms with Gasteiger partial charge in [0, 0.05) is 17.6 Å². The third kappa shape index (κ3) is 4.12. The minimum atomic E-state index is -0.305. The number of nitrogens with zero attached hydrogens (tertiary/aromatic N) is 2. The molecule has 0 spiro atoms. The molecule has 3 rings (SSSR count). The van der Waals surface area contributed by atoms with Gasteiger partial charge in [0.1, 0.15) is 11.6 Å². The lowest BCUT2D eigenvalue weighted by atomic mass is 9.98. The van der Waals surface area contributed by atoms with Crippen molar-refractivity contribution in [2.24, 2.45) is 0 Å². The Morgan fingerprint density at radius 3 is 2.56 bits per heavy atom. The predicted molar refractivity (Wildman–Crippen MR) is 100 cm³/mol. The van der Waals surface area contributed by atoms with Crippen LogP contribution in [0.4, 0.5) is 27.5 Å². The molecule has 128 valence electrons. The number of halogens is 1. The summed E-state index contributed by atoms with van der Waals surface area (Å²) in [4.78, 5) is 8.68. The largest absolute Gasteiger partial charge is 0.340 e. The van der Waals surface area contributed by atoms with Crippen molar-refractivity contribution in [1.82, 2.24) is 9.97 Å². The van der Waals surface area contributed by atoms with E-state index in [1.54, 1.807) is 18.3 Å². The van der Waals surface area contributed by atoms with Crippen LogP contribution in [0.5, 0.6) is 0 Å². The second kappa shape index (κ2) is 7.30. The first-order chi connectivity index (χ1) is 12.0. The number of aryl methyl sites for hydroxylation is 1. The molecule has 1 aromatic heterocycles. The Hall–Kier alpha value is -2.95. The zero-order valence-electron chi connectivity index (χ0n) is 14.5. The molecule has 0 amide bonds. The third-order valence-corrected chi connectivity index (χ3v) is 3.92. The van der Waals surface area contributed by atoms with Gasteiger partial charge in [0.2, 0.25) is 5.95 Å². The number of nitrogens with one attached hydrogen (secondary N) is 2. The SMILES string of the molecule is Cc1cccc(C(C)C)c1Nc1ccnc(Nc2cccc(F)c2)n1. The molecular weight excluding hydrogens is 315 g/mol. The van der Waals surface area contributed by atoms with Crippen LogP contribution in [0.15, 0.2) is 54.7 Å². The Bertz CT molecular complexity index is 877. The van der Waals surface area contributed by atoms with E-state index in [1.807, 2.05) is 6.07 Å². The molecular formula is C20H21FN4. The van der Waals surface area contributed by atoms with Gasteiger partial charge in [-0.2, -0.15) is 4.98 Å². The van der Waals surface area contributed by atoms with Crippen LogP contribution in [0.1, 0.15) is 30.9 Å². The zero-order chi connectivity index (χ0) is 17.8. The molecule has 2 N–H and O–H groups in total. The average Bonchev–Trinajstić information content (AvgIpc) is 2.57. The molecule has 0 atom stereocenters. The highest BCUT2D eigenvalue weighted by Gasteiger charge is 2.10. The highest BCUT2D eigenvalue weighted by atomic mass is 19.1. The van der Waals surface area contributed by atoms with E-state index in [4.69, 9.17) is 0 Å². The molecule has 5 heteroatoms. The van der Waals surface area contributed by atoms with Gasteiger partial charge in [-0.05, 0) is 48.2 Å². The number of rotatable bonds is 5. The summed E-state index contributed by atoms with van der Waals surface area (Å²) in [5, 5.41) is 6.42. The van der Waals surface area contributed by atoms with Crippen LogP contribution in [0.25, 0.3) is 0 Å². The maximum absolute atomic E-state index is 13.3. The van der Waals surface area contributed by atoms with Crippen LogP contribution in [-0.2, 0) is 0 Å². The molecule has 2 aromatic carbocycles. The highest BCUT2D eigenvalue weighted by Crippen LogP contribution is 2.29. The van der Waals surface area contributed by atoms with E-state index in [2.05, 4.69) is 59.6 Å². The van der Waals surface area contributed by atoms with Crippen molar-refractivity contribution in [2.45, 2.75) is 26.7 Å². The molecule has 0 fully saturated rings. The van der Waals surface area contributed by atoms with Crippen LogP contribution in [-0.4, -0.2) is 9.97 Å². The van der Waals surface area contributed by atoms with Crippen molar-refractivity contribution < 1.29 is 4.39 Å². The fraction of sp³-hybridized carbons (Fsp3) is 0.200. The van der Waals surface area contributed by atoms with Gasteiger partial charge in [-0.1, -0.05) is 38.1 Å². The average molecular weight is 336 g/mol. The van der Waals surface area contributed by atoms with E-state index in [1.165, 1.54) is 17.7 Å². The van der Waals surface area contributed by atoms with Crippen LogP contribution < -0.4 is 10.6 Å². The van der Waals surface area contributed by atoms with Crippen LogP contribution >= 0.6 is 0 Å². The molecule has 4 nitrogen and oxygen atoms in total. The summed E-state index contributed by atoms with van der Waals surface area (Å²) in [5.74, 6) is 1.19. The fourth-order valence-electron chi connectivity index (χ4n) is 2.65. The molecule has 25 heavy (non-hydrogen) atoms. The minimum absolute atomic E-state index is 0.305. The van der Waals surface area contributed by atoms with Gasteiger partial charge in [-0.25, -0.2) is 9.37 Å². The fourth-order valence-corrected chi connectivity index (χ4v) is 2.65. The summed E-state index contributed by atoms with van der Waals surface area (Å²) in [5.41, 5.74) is 4.06. The number of hydrogen-bond donors (Lipinski definition) is 2. The van der Waals surface area contributed by atoms with Crippen molar-refractivity contribution in [3.05, 3.63) is 71.7 Å². The first-order valence-corrected chi connectivity index (χ1v) is 8.25. The number of aromatic nitrogens is 2. The van der Waals surface area contributed by atoms with Crippen molar-refractivity contribution in [2.75, 3.05) is 10.6 Å². The van der Waals surface area contributed by atoms with Gasteiger partial charge in [0.25, 0.3) is 0 Å². The summed E-state index contributed by atoms with van der Waals surface area (Å²) in [6.07, 6.45) is 1.67. The summed E-state index contributed by atoms with van der Waals surface area (Å²) >= 11 is 0. The summed E-state index contributed by atoms with van der Waals surface area (Å²) < 4.78 is 13.3. The van der Waals surface area contributed by atoms with Gasteiger partial charge in [0.05, 0.1) is 0 Å². The number of para-hydroxylation sites is 1. The summed E-state index contributed by atoms with van der Waals surface area (Å²) in [6.45, 7) is 6.40. The van der Waals surface area contributed by atoms with Crippen molar-refractivity contribution in [1.29, 1.82) is 0 Å². The number of anilines is 4. The second-order valence-corrected chi connectivity index (χ2v) is 6.22. The lowest BCUT2D eigenvalue weighted by molar-refractivity contribution is 0.628. The summed E-state index contributed by atoms with van der Waals surface area (Å²) in [6, 6.07) is 14.3. The maximum Gasteiger partial charge on any atom is 0.229 e. The molecule has 0 saturated carbocycles. The quantitative estimate of drug-likeness (QED) is 0.643. The van der Waals surface area contributed by atoms with Gasteiger partial charge in [0.15, 0.2) is 0 Å². The number of hydrogen-bond acceptors (Lipinski definition) is 4. The second-order valence-electron chi connectivity index (χ2n) is 6.22. The van der Waals surface area contributed by atoms with Gasteiger partial charge in [-0.15, -0.1) is 0 Å². The van der Waals surface area contributed by atoms with Crippen LogP contribution in [0.2, 0.25) is 0 Å². The smallest absolute Gasteiger partial charge is 0.229 e. The third-order valence-electron chi connectivity index (χ3n) is 3.92. The Labute approximate surface area is 147 Å². The first kappa shape index (κ1) is 16.9. The van der Waals surface area contributed by atoms with Gasteiger partial charge in [-0.3, -0.25) is 0 Å². The van der Waals surface area contributed by atoms with E-state index >= 15 is 0 Å². The maximum atomic E-state index is 13.3. The Morgan fingerprint density at radius 1 is 1.00 bits per heavy atom. The topological polar surface area (TPSA) is 49.8 Å². The minimum Gasteiger partial charge on any atom is -0.340 e. The Balaban J connectivity index is 1.86. The first-order valence-electron chi connectivity index (χ1n) is 8.25. The standard InChI is InChI=1S/C20H21FN4/c1-13(2)17-9-4-6-14(3)19(17)24-18-10-11-22-20(25-18)23-16-8-5-7-15(21)12-16/h4-13H,1-3H3,(H2,22,23,24,25). The van der Waals surface area contributed by atoms with Crippen LogP contribution in [0.3, 0.4) is 0 Å². The molecule has 0 aliphatic rings. The molecule has 0 aliphatic heterocycles. The Kier molecular flexibility index (Phi) is 4.93. The number of benzene rings is 2. The molecule has 0 aliphatic carbocycles. The lowest BCUT2D eigenvalue weighted by Crippen LogP contribution is -2.04. The van der Waals surface area contributed by atoms with E-state index in [0.29, 0.717) is 23.4 Å². The molecule has 0 radical (unpaired) electrons. The zero-order valence-corrected chi connectivity index (χ0v) is 14.5. The Morgan fingerprint density at radius 2 is 1.80 bits per heavy atom. The van der Waals surface area contributed by atoms with E-state index in [9.17, 15) is 4.39 Å². The monoisotopic (exact) mass is 336 g/mol. The predicted octanol–water partition coefficient (Wildman–Crippen LogP) is 5.53. The molecule has 1 heterocycles. The molecule has 3 aromatic rings. The van der Waals surface area contributed by atoms with E-state index < -0.39 is 0 Å². The van der Waals surface area contributed by atoms with Crippen LogP contribution in [0, 0.1) is 12.7 Å². The van der Waals surface area contributed by atoms with Gasteiger partial charge < -0.3 is 10.6 Å². The van der Waals surface area contributed by atoms with Gasteiger partial charge >= 0.3 is 0 Å². The van der Waals surface area contributed by atoms with E-state index in [-0.39, 0.29) is 5.82 Å². The lowest BCUT2D eigenvalue weighted by Gasteiger charge is -2.17. The van der Waals surface area contributed by atoms with Crippen molar-refractivity contribution >= 4 is 23.1 Å². The van der Waals surface area contributed by atoms with Crippen molar-refractivity contribution in [3.8, 4) is 0 Å². The summed E-state index contributed by atoms with van der Waals surface area (Å²) in [7, 11) is 0. The van der Waals surface area contributed by atoms with Crippen molar-refractivity contribution in [3.63, 3.8) is 0 Å². The normalized spacial score (nSPS) is 10.8. The van der Waals surface area contributed by atoms with E-state index in [0.717, 1.165) is 11.3 Å². The highest BCUT2D eigenvalue weighted by molar-refractivity contribution is 5.66. The molecule has 0 bridgehead atoms. The molecule has 0 saturated heterocycles.